The quantitative estimate of drug-likeness (QED) is 0.838. The molecule has 24 heavy (non-hydrogen) atoms. The third kappa shape index (κ3) is 4.19. The van der Waals surface area contributed by atoms with E-state index in [9.17, 15) is 8.42 Å². The first-order valence-corrected chi connectivity index (χ1v) is 9.76. The standard InChI is InChI=1S/C16H21N5O2S/c1-21(14-8-10-24(22,23)12-14)15-11-18-20-16(19-15)17-9-7-13-5-3-2-4-6-13/h2-6,11,14H,7-10,12H2,1H3,(H,17,19,20). The molecule has 1 saturated heterocycles. The van der Waals surface area contributed by atoms with E-state index in [1.165, 1.54) is 5.56 Å². The van der Waals surface area contributed by atoms with Crippen molar-refractivity contribution in [1.82, 2.24) is 15.2 Å². The van der Waals surface area contributed by atoms with Crippen LogP contribution < -0.4 is 10.2 Å². The van der Waals surface area contributed by atoms with E-state index in [1.54, 1.807) is 6.20 Å². The Morgan fingerprint density at radius 2 is 2.08 bits per heavy atom. The van der Waals surface area contributed by atoms with Crippen LogP contribution in [0.3, 0.4) is 0 Å². The summed E-state index contributed by atoms with van der Waals surface area (Å²) in [7, 11) is -1.07. The highest BCUT2D eigenvalue weighted by Gasteiger charge is 2.31. The Bertz CT molecular complexity index is 782. The third-order valence-electron chi connectivity index (χ3n) is 4.20. The van der Waals surface area contributed by atoms with E-state index in [1.807, 2.05) is 30.1 Å². The number of hydrogen-bond acceptors (Lipinski definition) is 7. The average Bonchev–Trinajstić information content (AvgIpc) is 2.95. The van der Waals surface area contributed by atoms with Crippen molar-refractivity contribution < 1.29 is 8.42 Å². The maximum Gasteiger partial charge on any atom is 0.244 e. The molecule has 2 aromatic rings. The zero-order valence-corrected chi connectivity index (χ0v) is 14.4. The van der Waals surface area contributed by atoms with Crippen LogP contribution in [0.4, 0.5) is 11.8 Å². The van der Waals surface area contributed by atoms with Gasteiger partial charge in [0, 0.05) is 19.6 Å². The molecular formula is C16H21N5O2S. The van der Waals surface area contributed by atoms with E-state index in [0.717, 1.165) is 6.42 Å². The van der Waals surface area contributed by atoms with Gasteiger partial charge < -0.3 is 10.2 Å². The van der Waals surface area contributed by atoms with Gasteiger partial charge in [0.25, 0.3) is 0 Å². The minimum absolute atomic E-state index is 0.0520. The fourth-order valence-electron chi connectivity index (χ4n) is 2.77. The lowest BCUT2D eigenvalue weighted by molar-refractivity contribution is 0.600. The van der Waals surface area contributed by atoms with E-state index >= 15 is 0 Å². The molecule has 0 amide bonds. The highest BCUT2D eigenvalue weighted by molar-refractivity contribution is 7.91. The summed E-state index contributed by atoms with van der Waals surface area (Å²) in [5.74, 6) is 1.50. The van der Waals surface area contributed by atoms with Gasteiger partial charge >= 0.3 is 0 Å². The first-order chi connectivity index (χ1) is 11.5. The molecule has 0 spiro atoms. The number of aromatic nitrogens is 3. The van der Waals surface area contributed by atoms with Crippen LogP contribution in [0.1, 0.15) is 12.0 Å². The van der Waals surface area contributed by atoms with Crippen LogP contribution in [-0.4, -0.2) is 54.7 Å². The van der Waals surface area contributed by atoms with E-state index in [-0.39, 0.29) is 17.5 Å². The number of anilines is 2. The lowest BCUT2D eigenvalue weighted by Crippen LogP contribution is -2.33. The molecule has 1 aromatic heterocycles. The summed E-state index contributed by atoms with van der Waals surface area (Å²) in [5.41, 5.74) is 1.24. The van der Waals surface area contributed by atoms with E-state index in [4.69, 9.17) is 0 Å². The van der Waals surface area contributed by atoms with Crippen LogP contribution in [0.5, 0.6) is 0 Å². The van der Waals surface area contributed by atoms with Crippen molar-refractivity contribution in [3.05, 3.63) is 42.1 Å². The molecule has 7 nitrogen and oxygen atoms in total. The van der Waals surface area contributed by atoms with Crippen molar-refractivity contribution in [2.45, 2.75) is 18.9 Å². The van der Waals surface area contributed by atoms with E-state index in [2.05, 4.69) is 32.6 Å². The topological polar surface area (TPSA) is 88.1 Å². The Kier molecular flexibility index (Phi) is 4.94. The number of nitrogens with zero attached hydrogens (tertiary/aromatic N) is 4. The Hall–Kier alpha value is -2.22. The summed E-state index contributed by atoms with van der Waals surface area (Å²) in [6.07, 6.45) is 3.05. The van der Waals surface area contributed by atoms with Gasteiger partial charge in [-0.3, -0.25) is 0 Å². The van der Waals surface area contributed by atoms with Gasteiger partial charge in [-0.1, -0.05) is 30.3 Å². The van der Waals surface area contributed by atoms with Crippen LogP contribution in [-0.2, 0) is 16.3 Å². The molecule has 128 valence electrons. The van der Waals surface area contributed by atoms with E-state index < -0.39 is 9.84 Å². The van der Waals surface area contributed by atoms with Gasteiger partial charge in [-0.15, -0.1) is 5.10 Å². The minimum atomic E-state index is -2.92. The SMILES string of the molecule is CN(c1cnnc(NCCc2ccccc2)n1)C1CCS(=O)(=O)C1. The van der Waals surface area contributed by atoms with Crippen molar-refractivity contribution >= 4 is 21.6 Å². The van der Waals surface area contributed by atoms with Crippen molar-refractivity contribution in [1.29, 1.82) is 0 Å². The van der Waals surface area contributed by atoms with Crippen LogP contribution in [0.2, 0.25) is 0 Å². The molecule has 1 N–H and O–H groups in total. The number of benzene rings is 1. The second kappa shape index (κ2) is 7.12. The molecule has 0 radical (unpaired) electrons. The fraction of sp³-hybridized carbons (Fsp3) is 0.438. The molecule has 1 unspecified atom stereocenters. The summed E-state index contributed by atoms with van der Waals surface area (Å²) < 4.78 is 23.3. The van der Waals surface area contributed by atoms with Crippen molar-refractivity contribution in [2.24, 2.45) is 0 Å². The van der Waals surface area contributed by atoms with Gasteiger partial charge in [0.1, 0.15) is 0 Å². The first kappa shape index (κ1) is 16.6. The molecule has 0 aliphatic carbocycles. The van der Waals surface area contributed by atoms with E-state index in [0.29, 0.717) is 24.7 Å². The Morgan fingerprint density at radius 1 is 1.29 bits per heavy atom. The number of nitrogens with one attached hydrogen (secondary N) is 1. The molecule has 1 atom stereocenters. The van der Waals surface area contributed by atoms with Crippen LogP contribution in [0.25, 0.3) is 0 Å². The van der Waals surface area contributed by atoms with Gasteiger partial charge in [0.05, 0.1) is 17.7 Å². The predicted molar refractivity (Wildman–Crippen MR) is 93.9 cm³/mol. The maximum absolute atomic E-state index is 11.6. The summed E-state index contributed by atoms with van der Waals surface area (Å²) in [6.45, 7) is 0.705. The lowest BCUT2D eigenvalue weighted by atomic mass is 10.1. The second-order valence-electron chi connectivity index (χ2n) is 5.97. The molecule has 0 bridgehead atoms. The fourth-order valence-corrected chi connectivity index (χ4v) is 4.55. The monoisotopic (exact) mass is 347 g/mol. The minimum Gasteiger partial charge on any atom is -0.354 e. The lowest BCUT2D eigenvalue weighted by Gasteiger charge is -2.24. The highest BCUT2D eigenvalue weighted by Crippen LogP contribution is 2.21. The molecule has 1 aliphatic rings. The van der Waals surface area contributed by atoms with Gasteiger partial charge in [0.15, 0.2) is 15.7 Å². The average molecular weight is 347 g/mol. The van der Waals surface area contributed by atoms with Gasteiger partial charge in [-0.05, 0) is 18.4 Å². The van der Waals surface area contributed by atoms with Gasteiger partial charge in [0.2, 0.25) is 5.95 Å². The van der Waals surface area contributed by atoms with Crippen molar-refractivity contribution in [2.75, 3.05) is 35.3 Å². The van der Waals surface area contributed by atoms with Crippen LogP contribution >= 0.6 is 0 Å². The number of sulfone groups is 1. The molecule has 1 aromatic carbocycles. The summed E-state index contributed by atoms with van der Waals surface area (Å²) >= 11 is 0. The van der Waals surface area contributed by atoms with Crippen molar-refractivity contribution in [3.63, 3.8) is 0 Å². The highest BCUT2D eigenvalue weighted by atomic mass is 32.2. The Morgan fingerprint density at radius 3 is 2.79 bits per heavy atom. The normalized spacial score (nSPS) is 19.1. The van der Waals surface area contributed by atoms with Crippen molar-refractivity contribution in [3.8, 4) is 0 Å². The zero-order valence-electron chi connectivity index (χ0n) is 13.6. The van der Waals surface area contributed by atoms with Gasteiger partial charge in [-0.25, -0.2) is 8.42 Å². The number of hydrogen-bond donors (Lipinski definition) is 1. The Balaban J connectivity index is 1.59. The molecule has 8 heteroatoms. The molecule has 3 rings (SSSR count). The van der Waals surface area contributed by atoms with Crippen LogP contribution in [0, 0.1) is 0 Å². The molecular weight excluding hydrogens is 326 g/mol. The largest absolute Gasteiger partial charge is 0.354 e. The second-order valence-corrected chi connectivity index (χ2v) is 8.20. The first-order valence-electron chi connectivity index (χ1n) is 7.94. The maximum atomic E-state index is 11.6. The molecule has 2 heterocycles. The summed E-state index contributed by atoms with van der Waals surface area (Å²) in [4.78, 5) is 6.32. The van der Waals surface area contributed by atoms with Gasteiger partial charge in [-0.2, -0.15) is 10.1 Å². The molecule has 1 fully saturated rings. The van der Waals surface area contributed by atoms with Crippen LogP contribution in [0.15, 0.2) is 36.5 Å². The Labute approximate surface area is 142 Å². The smallest absolute Gasteiger partial charge is 0.244 e. The molecule has 1 aliphatic heterocycles. The number of rotatable bonds is 6. The summed E-state index contributed by atoms with van der Waals surface area (Å²) in [6, 6.07) is 10.1. The molecule has 0 saturated carbocycles. The predicted octanol–water partition coefficient (Wildman–Crippen LogP) is 1.15. The third-order valence-corrected chi connectivity index (χ3v) is 5.95. The zero-order chi connectivity index (χ0) is 17.0. The summed E-state index contributed by atoms with van der Waals surface area (Å²) in [5, 5.41) is 11.1.